The molecule has 2 heterocycles. The van der Waals surface area contributed by atoms with Crippen LogP contribution in [-0.2, 0) is 26.2 Å². The van der Waals surface area contributed by atoms with Crippen molar-refractivity contribution in [3.63, 3.8) is 0 Å². The van der Waals surface area contributed by atoms with Crippen LogP contribution in [0.15, 0.2) is 50.9 Å². The Morgan fingerprint density at radius 2 is 1.94 bits per heavy atom. The second-order valence-corrected chi connectivity index (χ2v) is 10.0. The SMILES string of the molecule is CS(=O)(=O)N(CCC#N)Cc1ccc(/C=C2\C(=O)NC(=S)N(c3ccc(Br)cc3)C2=O)o1. The molecular weight excluding hydrogens is 520 g/mol. The molecule has 0 spiro atoms. The third kappa shape index (κ3) is 5.49. The Balaban J connectivity index is 1.86. The maximum absolute atomic E-state index is 13.0. The predicted molar refractivity (Wildman–Crippen MR) is 125 cm³/mol. The predicted octanol–water partition coefficient (Wildman–Crippen LogP) is 2.55. The molecule has 32 heavy (non-hydrogen) atoms. The van der Waals surface area contributed by atoms with Crippen molar-refractivity contribution in [3.8, 4) is 6.07 Å². The lowest BCUT2D eigenvalue weighted by atomic mass is 10.1. The monoisotopic (exact) mass is 536 g/mol. The molecule has 2 aromatic rings. The average molecular weight is 537 g/mol. The lowest BCUT2D eigenvalue weighted by Gasteiger charge is -2.28. The van der Waals surface area contributed by atoms with Gasteiger partial charge in [0.1, 0.15) is 17.1 Å². The van der Waals surface area contributed by atoms with Crippen LogP contribution < -0.4 is 10.2 Å². The van der Waals surface area contributed by atoms with Crippen LogP contribution in [0.3, 0.4) is 0 Å². The number of benzene rings is 1. The number of hydrogen-bond acceptors (Lipinski definition) is 7. The molecule has 0 radical (unpaired) electrons. The summed E-state index contributed by atoms with van der Waals surface area (Å²) in [4.78, 5) is 26.6. The molecule has 1 aromatic heterocycles. The average Bonchev–Trinajstić information content (AvgIpc) is 3.16. The Labute approximate surface area is 198 Å². The van der Waals surface area contributed by atoms with Gasteiger partial charge in [0, 0.05) is 17.4 Å². The second kappa shape index (κ2) is 9.74. The molecule has 1 saturated heterocycles. The van der Waals surface area contributed by atoms with Crippen molar-refractivity contribution < 1.29 is 22.4 Å². The highest BCUT2D eigenvalue weighted by Crippen LogP contribution is 2.24. The molecule has 0 bridgehead atoms. The van der Waals surface area contributed by atoms with Gasteiger partial charge in [0.2, 0.25) is 10.0 Å². The summed E-state index contributed by atoms with van der Waals surface area (Å²) in [6.07, 6.45) is 2.35. The van der Waals surface area contributed by atoms with Crippen LogP contribution in [0, 0.1) is 11.3 Å². The molecule has 2 amide bonds. The van der Waals surface area contributed by atoms with Gasteiger partial charge in [0.25, 0.3) is 11.8 Å². The van der Waals surface area contributed by atoms with Crippen LogP contribution in [0.25, 0.3) is 6.08 Å². The normalized spacial score (nSPS) is 15.9. The molecule has 1 aliphatic heterocycles. The third-order valence-corrected chi connectivity index (χ3v) is 6.49. The first kappa shape index (κ1) is 23.8. The molecular formula is C20H17BrN4O5S2. The molecule has 1 N–H and O–H groups in total. The molecule has 12 heteroatoms. The summed E-state index contributed by atoms with van der Waals surface area (Å²) in [5.41, 5.74) is 0.294. The van der Waals surface area contributed by atoms with Gasteiger partial charge in [-0.25, -0.2) is 8.42 Å². The van der Waals surface area contributed by atoms with Crippen molar-refractivity contribution in [2.45, 2.75) is 13.0 Å². The van der Waals surface area contributed by atoms with E-state index in [9.17, 15) is 18.0 Å². The van der Waals surface area contributed by atoms with E-state index in [1.165, 1.54) is 17.0 Å². The number of amides is 2. The van der Waals surface area contributed by atoms with Crippen LogP contribution in [0.5, 0.6) is 0 Å². The molecule has 1 fully saturated rings. The summed E-state index contributed by atoms with van der Waals surface area (Å²) in [6, 6.07) is 11.8. The number of anilines is 1. The maximum atomic E-state index is 13.0. The highest BCUT2D eigenvalue weighted by molar-refractivity contribution is 9.10. The zero-order valence-electron chi connectivity index (χ0n) is 16.7. The molecule has 0 saturated carbocycles. The molecule has 9 nitrogen and oxygen atoms in total. The number of sulfonamides is 1. The zero-order valence-corrected chi connectivity index (χ0v) is 20.0. The van der Waals surface area contributed by atoms with Crippen LogP contribution in [0.1, 0.15) is 17.9 Å². The summed E-state index contributed by atoms with van der Waals surface area (Å²) in [6.45, 7) is -0.0636. The van der Waals surface area contributed by atoms with Gasteiger partial charge in [-0.3, -0.25) is 19.8 Å². The van der Waals surface area contributed by atoms with Crippen molar-refractivity contribution >= 4 is 66.9 Å². The third-order valence-electron chi connectivity index (χ3n) is 4.43. The lowest BCUT2D eigenvalue weighted by Crippen LogP contribution is -2.54. The van der Waals surface area contributed by atoms with E-state index in [1.54, 1.807) is 30.3 Å². The minimum Gasteiger partial charge on any atom is -0.460 e. The van der Waals surface area contributed by atoms with Crippen molar-refractivity contribution in [2.75, 3.05) is 17.7 Å². The van der Waals surface area contributed by atoms with E-state index in [2.05, 4.69) is 21.2 Å². The Morgan fingerprint density at radius 3 is 2.56 bits per heavy atom. The Kier molecular flexibility index (Phi) is 7.25. The Hall–Kier alpha value is -2.85. The fraction of sp³-hybridized carbons (Fsp3) is 0.200. The van der Waals surface area contributed by atoms with Gasteiger partial charge >= 0.3 is 0 Å². The molecule has 0 unspecified atom stereocenters. The fourth-order valence-corrected chi connectivity index (χ4v) is 4.22. The van der Waals surface area contributed by atoms with E-state index in [4.69, 9.17) is 21.9 Å². The Bertz CT molecular complexity index is 1250. The smallest absolute Gasteiger partial charge is 0.270 e. The van der Waals surface area contributed by atoms with E-state index in [-0.39, 0.29) is 36.0 Å². The summed E-state index contributed by atoms with van der Waals surface area (Å²) >= 11 is 8.48. The first-order valence-electron chi connectivity index (χ1n) is 9.18. The van der Waals surface area contributed by atoms with E-state index >= 15 is 0 Å². The molecule has 0 aliphatic carbocycles. The number of halogens is 1. The van der Waals surface area contributed by atoms with Gasteiger partial charge in [0.15, 0.2) is 5.11 Å². The zero-order chi connectivity index (χ0) is 23.5. The van der Waals surface area contributed by atoms with Gasteiger partial charge in [-0.15, -0.1) is 0 Å². The molecule has 3 rings (SSSR count). The van der Waals surface area contributed by atoms with Gasteiger partial charge in [0.05, 0.1) is 24.6 Å². The largest absolute Gasteiger partial charge is 0.460 e. The molecule has 0 atom stereocenters. The number of nitrogens with zero attached hydrogens (tertiary/aromatic N) is 3. The van der Waals surface area contributed by atoms with Crippen LogP contribution in [0.2, 0.25) is 0 Å². The van der Waals surface area contributed by atoms with Gasteiger partial charge in [-0.2, -0.15) is 9.57 Å². The number of nitriles is 1. The minimum absolute atomic E-state index is 0.0208. The van der Waals surface area contributed by atoms with Crippen LogP contribution >= 0.6 is 28.1 Å². The standard InChI is InChI=1S/C20H17BrN4O5S2/c1-32(28,29)24(10-2-9-22)12-16-8-7-15(30-16)11-17-18(26)23-20(31)25(19(17)27)14-5-3-13(21)4-6-14/h3-8,11H,2,10,12H2,1H3,(H,23,26,31)/b17-11+. The summed E-state index contributed by atoms with van der Waals surface area (Å²) in [5.74, 6) is -0.802. The first-order valence-corrected chi connectivity index (χ1v) is 12.2. The number of hydrogen-bond donors (Lipinski definition) is 1. The maximum Gasteiger partial charge on any atom is 0.270 e. The van der Waals surface area contributed by atoms with Crippen LogP contribution in [-0.4, -0.2) is 42.5 Å². The van der Waals surface area contributed by atoms with Crippen molar-refractivity contribution in [1.29, 1.82) is 5.26 Å². The summed E-state index contributed by atoms with van der Waals surface area (Å²) < 4.78 is 31.4. The number of nitrogens with one attached hydrogen (secondary N) is 1. The fourth-order valence-electron chi connectivity index (χ4n) is 2.89. The minimum atomic E-state index is -3.55. The second-order valence-electron chi connectivity index (χ2n) is 6.74. The van der Waals surface area contributed by atoms with E-state index in [0.29, 0.717) is 11.4 Å². The molecule has 166 valence electrons. The van der Waals surface area contributed by atoms with Crippen molar-refractivity contribution in [2.24, 2.45) is 0 Å². The van der Waals surface area contributed by atoms with Crippen molar-refractivity contribution in [1.82, 2.24) is 9.62 Å². The van der Waals surface area contributed by atoms with E-state index in [1.807, 2.05) is 6.07 Å². The van der Waals surface area contributed by atoms with Gasteiger partial charge < -0.3 is 4.42 Å². The summed E-state index contributed by atoms with van der Waals surface area (Å²) in [5, 5.41) is 11.2. The van der Waals surface area contributed by atoms with E-state index in [0.717, 1.165) is 15.0 Å². The first-order chi connectivity index (χ1) is 15.1. The Morgan fingerprint density at radius 1 is 1.25 bits per heavy atom. The summed E-state index contributed by atoms with van der Waals surface area (Å²) in [7, 11) is -3.55. The lowest BCUT2D eigenvalue weighted by molar-refractivity contribution is -0.122. The van der Waals surface area contributed by atoms with Gasteiger partial charge in [-0.1, -0.05) is 15.9 Å². The number of thiocarbonyl (C=S) groups is 1. The number of furan rings is 1. The highest BCUT2D eigenvalue weighted by Gasteiger charge is 2.34. The quantitative estimate of drug-likeness (QED) is 0.327. The number of carbonyl (C=O) groups excluding carboxylic acids is 2. The topological polar surface area (TPSA) is 124 Å². The number of carbonyl (C=O) groups is 2. The molecule has 1 aliphatic rings. The molecule has 1 aromatic carbocycles. The number of rotatable bonds is 7. The van der Waals surface area contributed by atoms with Gasteiger partial charge in [-0.05, 0) is 54.7 Å². The van der Waals surface area contributed by atoms with Crippen molar-refractivity contribution in [3.05, 3.63) is 58.0 Å². The van der Waals surface area contributed by atoms with Crippen LogP contribution in [0.4, 0.5) is 5.69 Å². The van der Waals surface area contributed by atoms with E-state index < -0.39 is 21.8 Å². The highest BCUT2D eigenvalue weighted by atomic mass is 79.9.